The molecule has 0 spiro atoms. The van der Waals surface area contributed by atoms with Crippen molar-refractivity contribution in [3.05, 3.63) is 11.9 Å². The molecule has 0 aromatic carbocycles. The minimum absolute atomic E-state index is 0.524. The van der Waals surface area contributed by atoms with E-state index in [2.05, 4.69) is 15.3 Å². The first kappa shape index (κ1) is 12.6. The Bertz CT molecular complexity index is 445. The average molecular weight is 263 g/mol. The summed E-state index contributed by atoms with van der Waals surface area (Å²) < 4.78 is 5.19. The van der Waals surface area contributed by atoms with Crippen molar-refractivity contribution in [1.82, 2.24) is 9.97 Å². The zero-order valence-electron chi connectivity index (χ0n) is 11.3. The van der Waals surface area contributed by atoms with Crippen molar-refractivity contribution in [1.29, 1.82) is 0 Å². The Morgan fingerprint density at radius 1 is 1.37 bits per heavy atom. The lowest BCUT2D eigenvalue weighted by Crippen LogP contribution is -2.30. The summed E-state index contributed by atoms with van der Waals surface area (Å²) in [6.07, 6.45) is 4.85. The SMILES string of the molecule is COCCN(c1cc(NN)nc(C2CC2)n1)C1CC1. The Kier molecular flexibility index (Phi) is 3.52. The van der Waals surface area contributed by atoms with Gasteiger partial charge in [-0.25, -0.2) is 15.8 Å². The topological polar surface area (TPSA) is 76.3 Å². The van der Waals surface area contributed by atoms with E-state index in [1.165, 1.54) is 25.7 Å². The molecule has 6 heteroatoms. The van der Waals surface area contributed by atoms with Crippen molar-refractivity contribution >= 4 is 11.6 Å². The number of aromatic nitrogens is 2. The summed E-state index contributed by atoms with van der Waals surface area (Å²) in [7, 11) is 1.73. The number of nitrogens with zero attached hydrogens (tertiary/aromatic N) is 3. The van der Waals surface area contributed by atoms with Crippen molar-refractivity contribution in [3.63, 3.8) is 0 Å². The second-order valence-corrected chi connectivity index (χ2v) is 5.31. The van der Waals surface area contributed by atoms with E-state index in [1.54, 1.807) is 7.11 Å². The van der Waals surface area contributed by atoms with Gasteiger partial charge in [-0.3, -0.25) is 0 Å². The molecular formula is C13H21N5O. The van der Waals surface area contributed by atoms with E-state index in [0.29, 0.717) is 24.4 Å². The molecule has 2 saturated carbocycles. The van der Waals surface area contributed by atoms with Gasteiger partial charge in [0.15, 0.2) is 0 Å². The van der Waals surface area contributed by atoms with Gasteiger partial charge in [0.2, 0.25) is 0 Å². The van der Waals surface area contributed by atoms with Gasteiger partial charge in [-0.2, -0.15) is 0 Å². The summed E-state index contributed by atoms with van der Waals surface area (Å²) >= 11 is 0. The molecule has 0 radical (unpaired) electrons. The highest BCUT2D eigenvalue weighted by Gasteiger charge is 2.32. The predicted molar refractivity (Wildman–Crippen MR) is 74.1 cm³/mol. The lowest BCUT2D eigenvalue weighted by Gasteiger charge is -2.24. The number of hydrogen-bond acceptors (Lipinski definition) is 6. The number of nitrogens with two attached hydrogens (primary N) is 1. The van der Waals surface area contributed by atoms with Crippen LogP contribution in [0.1, 0.15) is 37.4 Å². The van der Waals surface area contributed by atoms with Crippen molar-refractivity contribution in [2.45, 2.75) is 37.6 Å². The molecule has 0 aliphatic heterocycles. The van der Waals surface area contributed by atoms with Crippen molar-refractivity contribution < 1.29 is 4.74 Å². The van der Waals surface area contributed by atoms with Crippen molar-refractivity contribution in [3.8, 4) is 0 Å². The zero-order chi connectivity index (χ0) is 13.2. The van der Waals surface area contributed by atoms with E-state index in [4.69, 9.17) is 15.6 Å². The summed E-state index contributed by atoms with van der Waals surface area (Å²) in [6, 6.07) is 2.53. The van der Waals surface area contributed by atoms with Crippen LogP contribution in [0.15, 0.2) is 6.07 Å². The van der Waals surface area contributed by atoms with Crippen LogP contribution in [0.2, 0.25) is 0 Å². The minimum atomic E-state index is 0.524. The van der Waals surface area contributed by atoms with Crippen LogP contribution < -0.4 is 16.2 Å². The third-order valence-electron chi connectivity index (χ3n) is 3.64. The second kappa shape index (κ2) is 5.30. The van der Waals surface area contributed by atoms with E-state index in [9.17, 15) is 0 Å². The van der Waals surface area contributed by atoms with Crippen molar-refractivity contribution in [2.75, 3.05) is 30.6 Å². The van der Waals surface area contributed by atoms with E-state index in [1.807, 2.05) is 6.07 Å². The molecule has 2 fully saturated rings. The average Bonchev–Trinajstić information content (AvgIpc) is 3.30. The summed E-state index contributed by atoms with van der Waals surface area (Å²) in [5.74, 6) is 8.64. The van der Waals surface area contributed by atoms with Crippen LogP contribution in [0.3, 0.4) is 0 Å². The summed E-state index contributed by atoms with van der Waals surface area (Å²) in [5.41, 5.74) is 2.65. The maximum absolute atomic E-state index is 5.52. The molecule has 1 aromatic heterocycles. The van der Waals surface area contributed by atoms with E-state index < -0.39 is 0 Å². The van der Waals surface area contributed by atoms with E-state index in [0.717, 1.165) is 18.2 Å². The first-order valence-electron chi connectivity index (χ1n) is 6.93. The molecule has 19 heavy (non-hydrogen) atoms. The van der Waals surface area contributed by atoms with Gasteiger partial charge >= 0.3 is 0 Å². The van der Waals surface area contributed by atoms with Gasteiger partial charge in [0.1, 0.15) is 17.5 Å². The van der Waals surface area contributed by atoms with Gasteiger partial charge in [0, 0.05) is 31.7 Å². The van der Waals surface area contributed by atoms with Gasteiger partial charge in [0.05, 0.1) is 6.61 Å². The molecule has 0 amide bonds. The van der Waals surface area contributed by atoms with Crippen LogP contribution in [0.5, 0.6) is 0 Å². The fraction of sp³-hybridized carbons (Fsp3) is 0.692. The van der Waals surface area contributed by atoms with Gasteiger partial charge in [-0.15, -0.1) is 0 Å². The second-order valence-electron chi connectivity index (χ2n) is 5.31. The molecule has 0 saturated heterocycles. The minimum Gasteiger partial charge on any atom is -0.383 e. The molecule has 104 valence electrons. The maximum Gasteiger partial charge on any atom is 0.145 e. The smallest absolute Gasteiger partial charge is 0.145 e. The standard InChI is InChI=1S/C13H21N5O/c1-19-7-6-18(10-4-5-10)12-8-11(17-14)15-13(16-12)9-2-3-9/h8-10H,2-7,14H2,1H3,(H,15,16,17). The summed E-state index contributed by atoms with van der Waals surface area (Å²) in [6.45, 7) is 1.58. The predicted octanol–water partition coefficient (Wildman–Crippen LogP) is 1.25. The number of rotatable bonds is 7. The Balaban J connectivity index is 1.85. The first-order valence-corrected chi connectivity index (χ1v) is 6.93. The molecule has 3 N–H and O–H groups in total. The lowest BCUT2D eigenvalue weighted by atomic mass is 10.3. The largest absolute Gasteiger partial charge is 0.383 e. The molecule has 1 aromatic rings. The number of hydrogen-bond donors (Lipinski definition) is 2. The maximum atomic E-state index is 5.52. The lowest BCUT2D eigenvalue weighted by molar-refractivity contribution is 0.204. The molecule has 0 bridgehead atoms. The molecule has 1 heterocycles. The Labute approximate surface area is 113 Å². The Hall–Kier alpha value is -1.40. The Morgan fingerprint density at radius 3 is 2.74 bits per heavy atom. The van der Waals surface area contributed by atoms with Gasteiger partial charge in [-0.1, -0.05) is 0 Å². The first-order chi connectivity index (χ1) is 9.31. The molecule has 2 aliphatic carbocycles. The number of nitrogen functional groups attached to an aromatic ring is 1. The quantitative estimate of drug-likeness (QED) is 0.569. The summed E-state index contributed by atoms with van der Waals surface area (Å²) in [4.78, 5) is 11.5. The van der Waals surface area contributed by atoms with Gasteiger partial charge in [-0.05, 0) is 25.7 Å². The van der Waals surface area contributed by atoms with Gasteiger partial charge in [0.25, 0.3) is 0 Å². The third kappa shape index (κ3) is 2.96. The Morgan fingerprint density at radius 2 is 2.16 bits per heavy atom. The van der Waals surface area contributed by atoms with Crippen LogP contribution in [-0.2, 0) is 4.74 Å². The zero-order valence-corrected chi connectivity index (χ0v) is 11.3. The number of hydrazine groups is 1. The van der Waals surface area contributed by atoms with Crippen LogP contribution in [0.4, 0.5) is 11.6 Å². The highest BCUT2D eigenvalue weighted by Crippen LogP contribution is 2.40. The highest BCUT2D eigenvalue weighted by molar-refractivity contribution is 5.51. The monoisotopic (exact) mass is 263 g/mol. The number of nitrogens with one attached hydrogen (secondary N) is 1. The third-order valence-corrected chi connectivity index (χ3v) is 3.64. The normalized spacial score (nSPS) is 18.4. The fourth-order valence-corrected chi connectivity index (χ4v) is 2.26. The fourth-order valence-electron chi connectivity index (χ4n) is 2.26. The van der Waals surface area contributed by atoms with Crippen molar-refractivity contribution in [2.24, 2.45) is 5.84 Å². The van der Waals surface area contributed by atoms with E-state index >= 15 is 0 Å². The molecule has 3 rings (SSSR count). The molecule has 6 nitrogen and oxygen atoms in total. The molecular weight excluding hydrogens is 242 g/mol. The number of methoxy groups -OCH3 is 1. The van der Waals surface area contributed by atoms with Crippen LogP contribution >= 0.6 is 0 Å². The number of anilines is 2. The molecule has 0 unspecified atom stereocenters. The van der Waals surface area contributed by atoms with Crippen LogP contribution in [0, 0.1) is 0 Å². The molecule has 0 atom stereocenters. The van der Waals surface area contributed by atoms with Gasteiger partial charge < -0.3 is 15.1 Å². The van der Waals surface area contributed by atoms with Crippen LogP contribution in [-0.4, -0.2) is 36.3 Å². The summed E-state index contributed by atoms with van der Waals surface area (Å²) in [5, 5.41) is 0. The van der Waals surface area contributed by atoms with E-state index in [-0.39, 0.29) is 0 Å². The highest BCUT2D eigenvalue weighted by atomic mass is 16.5. The van der Waals surface area contributed by atoms with Crippen LogP contribution in [0.25, 0.3) is 0 Å². The number of ether oxygens (including phenoxy) is 1. The molecule has 2 aliphatic rings.